The third-order valence-electron chi connectivity index (χ3n) is 3.56. The highest BCUT2D eigenvalue weighted by Gasteiger charge is 2.24. The molecule has 0 aromatic carbocycles. The second kappa shape index (κ2) is 12.2. The van der Waals surface area contributed by atoms with Gasteiger partial charge < -0.3 is 5.11 Å². The van der Waals surface area contributed by atoms with Crippen LogP contribution in [0, 0.1) is 5.92 Å². The van der Waals surface area contributed by atoms with E-state index in [1.807, 2.05) is 0 Å². The summed E-state index contributed by atoms with van der Waals surface area (Å²) in [5.74, 6) is -1.77. The number of carbonyl (C=O) groups excluding carboxylic acids is 1. The van der Waals surface area contributed by atoms with Gasteiger partial charge in [-0.05, 0) is 12.8 Å². The predicted molar refractivity (Wildman–Crippen MR) is 78.3 cm³/mol. The van der Waals surface area contributed by atoms with Crippen molar-refractivity contribution in [2.24, 2.45) is 5.92 Å². The Hall–Kier alpha value is -0.860. The van der Waals surface area contributed by atoms with Crippen LogP contribution in [0.3, 0.4) is 0 Å². The maximum Gasteiger partial charge on any atom is 0.314 e. The van der Waals surface area contributed by atoms with Gasteiger partial charge in [0, 0.05) is 6.42 Å². The zero-order chi connectivity index (χ0) is 14.5. The number of hydrogen-bond donors (Lipinski definition) is 1. The van der Waals surface area contributed by atoms with Crippen molar-refractivity contribution in [1.29, 1.82) is 0 Å². The number of aliphatic carboxylic acids is 1. The van der Waals surface area contributed by atoms with E-state index in [0.29, 0.717) is 12.8 Å². The van der Waals surface area contributed by atoms with Crippen molar-refractivity contribution < 1.29 is 14.7 Å². The zero-order valence-corrected chi connectivity index (χ0v) is 12.6. The molecule has 3 heteroatoms. The fraction of sp³-hybridized carbons (Fsp3) is 0.875. The Kier molecular flexibility index (Phi) is 11.6. The first-order valence-corrected chi connectivity index (χ1v) is 7.89. The molecule has 1 unspecified atom stereocenters. The summed E-state index contributed by atoms with van der Waals surface area (Å²) in [6, 6.07) is 0. The fourth-order valence-corrected chi connectivity index (χ4v) is 2.27. The number of carboxylic acid groups (broad SMARTS) is 1. The molecule has 112 valence electrons. The molecule has 1 N–H and O–H groups in total. The van der Waals surface area contributed by atoms with Crippen LogP contribution in [0.5, 0.6) is 0 Å². The minimum atomic E-state index is -0.935. The summed E-state index contributed by atoms with van der Waals surface area (Å²) in [6.07, 6.45) is 10.6. The standard InChI is InChI=1S/C16H30O3/c1-3-5-7-8-9-11-12-14(16(18)19)15(17)13-10-6-4-2/h14H,3-13H2,1-2H3,(H,18,19). The van der Waals surface area contributed by atoms with Gasteiger partial charge in [-0.2, -0.15) is 0 Å². The number of hydrogen-bond acceptors (Lipinski definition) is 2. The summed E-state index contributed by atoms with van der Waals surface area (Å²) in [7, 11) is 0. The normalized spacial score (nSPS) is 12.3. The average molecular weight is 270 g/mol. The van der Waals surface area contributed by atoms with Crippen molar-refractivity contribution >= 4 is 11.8 Å². The lowest BCUT2D eigenvalue weighted by Crippen LogP contribution is -2.23. The van der Waals surface area contributed by atoms with Crippen molar-refractivity contribution in [1.82, 2.24) is 0 Å². The highest BCUT2D eigenvalue weighted by Crippen LogP contribution is 2.16. The van der Waals surface area contributed by atoms with Crippen molar-refractivity contribution in [2.45, 2.75) is 84.5 Å². The topological polar surface area (TPSA) is 54.4 Å². The second-order valence-corrected chi connectivity index (χ2v) is 5.37. The lowest BCUT2D eigenvalue weighted by Gasteiger charge is -2.11. The molecule has 0 aliphatic carbocycles. The van der Waals surface area contributed by atoms with Crippen LogP contribution in [-0.2, 0) is 9.59 Å². The van der Waals surface area contributed by atoms with E-state index in [1.54, 1.807) is 0 Å². The molecule has 0 aromatic rings. The number of carbonyl (C=O) groups is 2. The largest absolute Gasteiger partial charge is 0.481 e. The third kappa shape index (κ3) is 9.69. The molecule has 0 spiro atoms. The molecule has 3 nitrogen and oxygen atoms in total. The Morgan fingerprint density at radius 2 is 1.37 bits per heavy atom. The molecule has 0 aromatic heterocycles. The fourth-order valence-electron chi connectivity index (χ4n) is 2.27. The summed E-state index contributed by atoms with van der Waals surface area (Å²) >= 11 is 0. The van der Waals surface area contributed by atoms with Crippen LogP contribution in [-0.4, -0.2) is 16.9 Å². The molecule has 0 heterocycles. The SMILES string of the molecule is CCCCCCCCC(C(=O)O)C(=O)CCCCC. The van der Waals surface area contributed by atoms with E-state index in [9.17, 15) is 9.59 Å². The summed E-state index contributed by atoms with van der Waals surface area (Å²) in [6.45, 7) is 4.25. The van der Waals surface area contributed by atoms with Gasteiger partial charge >= 0.3 is 5.97 Å². The van der Waals surface area contributed by atoms with E-state index in [-0.39, 0.29) is 5.78 Å². The summed E-state index contributed by atoms with van der Waals surface area (Å²) in [5, 5.41) is 9.12. The second-order valence-electron chi connectivity index (χ2n) is 5.37. The third-order valence-corrected chi connectivity index (χ3v) is 3.56. The van der Waals surface area contributed by atoms with E-state index in [1.165, 1.54) is 19.3 Å². The minimum absolute atomic E-state index is 0.0745. The van der Waals surface area contributed by atoms with Gasteiger partial charge in [-0.1, -0.05) is 65.2 Å². The molecule has 0 saturated carbocycles. The Balaban J connectivity index is 3.85. The average Bonchev–Trinajstić information content (AvgIpc) is 2.37. The zero-order valence-electron chi connectivity index (χ0n) is 12.6. The predicted octanol–water partition coefficient (Wildman–Crippen LogP) is 4.59. The Bertz CT molecular complexity index is 248. The number of carboxylic acids is 1. The summed E-state index contributed by atoms with van der Waals surface area (Å²) in [5.41, 5.74) is 0. The highest BCUT2D eigenvalue weighted by molar-refractivity contribution is 5.98. The van der Waals surface area contributed by atoms with Crippen molar-refractivity contribution in [2.75, 3.05) is 0 Å². The molecule has 19 heavy (non-hydrogen) atoms. The molecule has 0 radical (unpaired) electrons. The molecule has 1 atom stereocenters. The van der Waals surface area contributed by atoms with E-state index in [0.717, 1.165) is 38.5 Å². The van der Waals surface area contributed by atoms with Crippen LogP contribution < -0.4 is 0 Å². The first-order valence-electron chi connectivity index (χ1n) is 7.89. The number of Topliss-reactive ketones (excluding diaryl/α,β-unsaturated/α-hetero) is 1. The van der Waals surface area contributed by atoms with Crippen LogP contribution in [0.4, 0.5) is 0 Å². The molecule has 0 rings (SSSR count). The van der Waals surface area contributed by atoms with Crippen LogP contribution in [0.2, 0.25) is 0 Å². The van der Waals surface area contributed by atoms with Gasteiger partial charge in [0.2, 0.25) is 0 Å². The van der Waals surface area contributed by atoms with Gasteiger partial charge in [0.25, 0.3) is 0 Å². The number of unbranched alkanes of at least 4 members (excludes halogenated alkanes) is 7. The maximum absolute atomic E-state index is 11.8. The molecular formula is C16H30O3. The molecule has 0 aliphatic heterocycles. The number of ketones is 1. The minimum Gasteiger partial charge on any atom is -0.481 e. The van der Waals surface area contributed by atoms with E-state index < -0.39 is 11.9 Å². The Morgan fingerprint density at radius 3 is 1.95 bits per heavy atom. The van der Waals surface area contributed by atoms with E-state index in [4.69, 9.17) is 5.11 Å². The molecule has 0 aliphatic rings. The highest BCUT2D eigenvalue weighted by atomic mass is 16.4. The monoisotopic (exact) mass is 270 g/mol. The quantitative estimate of drug-likeness (QED) is 0.393. The Labute approximate surface area is 117 Å². The summed E-state index contributed by atoms with van der Waals surface area (Å²) in [4.78, 5) is 23.0. The van der Waals surface area contributed by atoms with Gasteiger partial charge in [0.15, 0.2) is 0 Å². The van der Waals surface area contributed by atoms with E-state index in [2.05, 4.69) is 13.8 Å². The van der Waals surface area contributed by atoms with Crippen molar-refractivity contribution in [3.05, 3.63) is 0 Å². The smallest absolute Gasteiger partial charge is 0.314 e. The van der Waals surface area contributed by atoms with Gasteiger partial charge in [0.1, 0.15) is 11.7 Å². The van der Waals surface area contributed by atoms with Crippen molar-refractivity contribution in [3.63, 3.8) is 0 Å². The first-order chi connectivity index (χ1) is 9.13. The van der Waals surface area contributed by atoms with Crippen LogP contribution in [0.15, 0.2) is 0 Å². The molecule has 0 fully saturated rings. The van der Waals surface area contributed by atoms with Gasteiger partial charge in [0.05, 0.1) is 0 Å². The number of rotatable bonds is 13. The van der Waals surface area contributed by atoms with Crippen LogP contribution in [0.1, 0.15) is 84.5 Å². The van der Waals surface area contributed by atoms with Gasteiger partial charge in [-0.3, -0.25) is 9.59 Å². The van der Waals surface area contributed by atoms with Gasteiger partial charge in [-0.15, -0.1) is 0 Å². The summed E-state index contributed by atoms with van der Waals surface area (Å²) < 4.78 is 0. The molecular weight excluding hydrogens is 240 g/mol. The first kappa shape index (κ1) is 18.1. The lowest BCUT2D eigenvalue weighted by atomic mass is 9.93. The molecule has 0 amide bonds. The van der Waals surface area contributed by atoms with Crippen LogP contribution in [0.25, 0.3) is 0 Å². The van der Waals surface area contributed by atoms with Gasteiger partial charge in [-0.25, -0.2) is 0 Å². The molecule has 0 saturated heterocycles. The maximum atomic E-state index is 11.8. The van der Waals surface area contributed by atoms with Crippen molar-refractivity contribution in [3.8, 4) is 0 Å². The molecule has 0 bridgehead atoms. The van der Waals surface area contributed by atoms with Crippen LogP contribution >= 0.6 is 0 Å². The Morgan fingerprint density at radius 1 is 0.842 bits per heavy atom. The lowest BCUT2D eigenvalue weighted by molar-refractivity contribution is -0.146. The van der Waals surface area contributed by atoms with E-state index >= 15 is 0 Å².